The smallest absolute Gasteiger partial charge is 0.270 e. The molecule has 1 aliphatic heterocycles. The number of benzene rings is 2. The van der Waals surface area contributed by atoms with Crippen molar-refractivity contribution in [1.29, 1.82) is 0 Å². The van der Waals surface area contributed by atoms with E-state index in [4.69, 9.17) is 4.74 Å². The predicted molar refractivity (Wildman–Crippen MR) is 92.6 cm³/mol. The third-order valence-corrected chi connectivity index (χ3v) is 4.12. The predicted octanol–water partition coefficient (Wildman–Crippen LogP) is 3.10. The molecule has 3 rings (SSSR count). The Hall–Kier alpha value is -2.95. The number of carbonyl (C=O) groups excluding carboxylic acids is 3. The Balaban J connectivity index is 1.94. The Morgan fingerprint density at radius 3 is 2.44 bits per heavy atom. The van der Waals surface area contributed by atoms with Crippen molar-refractivity contribution in [2.45, 2.75) is 25.9 Å². The number of amides is 2. The van der Waals surface area contributed by atoms with Crippen LogP contribution in [0.5, 0.6) is 5.75 Å². The lowest BCUT2D eigenvalue weighted by Crippen LogP contribution is -2.45. The van der Waals surface area contributed by atoms with Crippen LogP contribution in [-0.4, -0.2) is 35.1 Å². The molecule has 2 amide bonds. The first-order valence-electron chi connectivity index (χ1n) is 8.31. The topological polar surface area (TPSA) is 63.7 Å². The summed E-state index contributed by atoms with van der Waals surface area (Å²) in [6.45, 7) is 1.65. The van der Waals surface area contributed by atoms with Crippen molar-refractivity contribution < 1.29 is 19.1 Å². The average Bonchev–Trinajstić information content (AvgIpc) is 2.74. The molecule has 0 spiro atoms. The SMILES string of the molecule is CCCC1Oc2ccccc2C(=O)N(CC(=O)c2ccccc2)C1=O. The Bertz CT molecular complexity index is 800. The number of nitrogens with zero attached hydrogens (tertiary/aromatic N) is 1. The number of imide groups is 1. The van der Waals surface area contributed by atoms with E-state index in [0.29, 0.717) is 23.3 Å². The van der Waals surface area contributed by atoms with Gasteiger partial charge in [-0.05, 0) is 18.6 Å². The molecule has 5 heteroatoms. The average molecular weight is 337 g/mol. The molecular weight excluding hydrogens is 318 g/mol. The van der Waals surface area contributed by atoms with E-state index in [1.165, 1.54) is 0 Å². The second-order valence-electron chi connectivity index (χ2n) is 5.91. The summed E-state index contributed by atoms with van der Waals surface area (Å²) < 4.78 is 5.77. The molecule has 0 aromatic heterocycles. The maximum Gasteiger partial charge on any atom is 0.270 e. The molecule has 0 N–H and O–H groups in total. The van der Waals surface area contributed by atoms with E-state index in [0.717, 1.165) is 11.3 Å². The van der Waals surface area contributed by atoms with Crippen molar-refractivity contribution in [2.75, 3.05) is 6.54 Å². The molecule has 1 unspecified atom stereocenters. The van der Waals surface area contributed by atoms with E-state index in [1.54, 1.807) is 54.6 Å². The van der Waals surface area contributed by atoms with Crippen LogP contribution in [0.4, 0.5) is 0 Å². The van der Waals surface area contributed by atoms with Crippen LogP contribution in [0.1, 0.15) is 40.5 Å². The van der Waals surface area contributed by atoms with Gasteiger partial charge in [0.05, 0.1) is 12.1 Å². The normalized spacial score (nSPS) is 16.8. The Morgan fingerprint density at radius 2 is 1.72 bits per heavy atom. The third-order valence-electron chi connectivity index (χ3n) is 4.12. The zero-order chi connectivity index (χ0) is 17.8. The molecule has 2 aromatic rings. The highest BCUT2D eigenvalue weighted by Crippen LogP contribution is 2.27. The summed E-state index contributed by atoms with van der Waals surface area (Å²) in [4.78, 5) is 39.2. The summed E-state index contributed by atoms with van der Waals surface area (Å²) in [6.07, 6.45) is 0.449. The van der Waals surface area contributed by atoms with E-state index >= 15 is 0 Å². The molecule has 0 aliphatic carbocycles. The van der Waals surface area contributed by atoms with Crippen LogP contribution < -0.4 is 4.74 Å². The second-order valence-corrected chi connectivity index (χ2v) is 5.91. The van der Waals surface area contributed by atoms with Crippen molar-refractivity contribution in [3.63, 3.8) is 0 Å². The second kappa shape index (κ2) is 7.30. The van der Waals surface area contributed by atoms with Crippen LogP contribution in [0.15, 0.2) is 54.6 Å². The minimum Gasteiger partial charge on any atom is -0.480 e. The largest absolute Gasteiger partial charge is 0.480 e. The molecule has 0 saturated heterocycles. The van der Waals surface area contributed by atoms with Crippen molar-refractivity contribution in [2.24, 2.45) is 0 Å². The highest BCUT2D eigenvalue weighted by Gasteiger charge is 2.36. The molecule has 25 heavy (non-hydrogen) atoms. The first kappa shape index (κ1) is 16.9. The Kier molecular flexibility index (Phi) is 4.93. The lowest BCUT2D eigenvalue weighted by molar-refractivity contribution is -0.135. The maximum absolute atomic E-state index is 12.8. The number of para-hydroxylation sites is 1. The van der Waals surface area contributed by atoms with Crippen molar-refractivity contribution >= 4 is 17.6 Å². The lowest BCUT2D eigenvalue weighted by Gasteiger charge is -2.21. The Labute approximate surface area is 146 Å². The summed E-state index contributed by atoms with van der Waals surface area (Å²) in [5, 5.41) is 0. The fourth-order valence-electron chi connectivity index (χ4n) is 2.82. The molecule has 5 nitrogen and oxygen atoms in total. The van der Waals surface area contributed by atoms with Gasteiger partial charge in [-0.1, -0.05) is 55.8 Å². The molecule has 128 valence electrons. The van der Waals surface area contributed by atoms with Gasteiger partial charge in [-0.3, -0.25) is 19.3 Å². The highest BCUT2D eigenvalue weighted by atomic mass is 16.5. The summed E-state index contributed by atoms with van der Waals surface area (Å²) in [7, 11) is 0. The maximum atomic E-state index is 12.8. The molecule has 0 bridgehead atoms. The molecule has 2 aromatic carbocycles. The van der Waals surface area contributed by atoms with E-state index in [9.17, 15) is 14.4 Å². The fraction of sp³-hybridized carbons (Fsp3) is 0.250. The van der Waals surface area contributed by atoms with Gasteiger partial charge in [-0.15, -0.1) is 0 Å². The van der Waals surface area contributed by atoms with Crippen LogP contribution >= 0.6 is 0 Å². The summed E-state index contributed by atoms with van der Waals surface area (Å²) >= 11 is 0. The highest BCUT2D eigenvalue weighted by molar-refractivity contribution is 6.12. The zero-order valence-corrected chi connectivity index (χ0v) is 14.0. The minimum absolute atomic E-state index is 0.281. The Morgan fingerprint density at radius 1 is 1.04 bits per heavy atom. The number of ether oxygens (including phenoxy) is 1. The van der Waals surface area contributed by atoms with Crippen LogP contribution in [0.2, 0.25) is 0 Å². The van der Waals surface area contributed by atoms with Crippen LogP contribution in [0.3, 0.4) is 0 Å². The van der Waals surface area contributed by atoms with E-state index in [1.807, 2.05) is 6.92 Å². The number of rotatable bonds is 5. The first-order valence-corrected chi connectivity index (χ1v) is 8.31. The monoisotopic (exact) mass is 337 g/mol. The van der Waals surface area contributed by atoms with E-state index < -0.39 is 17.9 Å². The number of fused-ring (bicyclic) bond motifs is 1. The molecule has 1 atom stereocenters. The van der Waals surface area contributed by atoms with E-state index in [-0.39, 0.29) is 12.3 Å². The van der Waals surface area contributed by atoms with Crippen LogP contribution in [0, 0.1) is 0 Å². The summed E-state index contributed by atoms with van der Waals surface area (Å²) in [5.74, 6) is -0.860. The molecule has 1 aliphatic rings. The third kappa shape index (κ3) is 3.45. The van der Waals surface area contributed by atoms with Gasteiger partial charge in [-0.25, -0.2) is 0 Å². The number of Topliss-reactive ketones (excluding diaryl/α,β-unsaturated/α-hetero) is 1. The number of ketones is 1. The van der Waals surface area contributed by atoms with Crippen LogP contribution in [-0.2, 0) is 4.79 Å². The van der Waals surface area contributed by atoms with Gasteiger partial charge in [0, 0.05) is 5.56 Å². The first-order chi connectivity index (χ1) is 12.1. The molecule has 0 radical (unpaired) electrons. The zero-order valence-electron chi connectivity index (χ0n) is 14.0. The van der Waals surface area contributed by atoms with Crippen molar-refractivity contribution in [3.05, 3.63) is 65.7 Å². The lowest BCUT2D eigenvalue weighted by atomic mass is 10.1. The van der Waals surface area contributed by atoms with Gasteiger partial charge >= 0.3 is 0 Å². The summed E-state index contributed by atoms with van der Waals surface area (Å²) in [5.41, 5.74) is 0.768. The van der Waals surface area contributed by atoms with Gasteiger partial charge < -0.3 is 4.74 Å². The van der Waals surface area contributed by atoms with Gasteiger partial charge in [0.2, 0.25) is 0 Å². The summed E-state index contributed by atoms with van der Waals surface area (Å²) in [6, 6.07) is 15.4. The number of hydrogen-bond acceptors (Lipinski definition) is 4. The van der Waals surface area contributed by atoms with Gasteiger partial charge in [0.25, 0.3) is 11.8 Å². The van der Waals surface area contributed by atoms with Crippen molar-refractivity contribution in [3.8, 4) is 5.75 Å². The molecule has 0 fully saturated rings. The standard InChI is InChI=1S/C20H19NO4/c1-2-8-18-20(24)21(13-16(22)14-9-4-3-5-10-14)19(23)15-11-6-7-12-17(15)25-18/h3-7,9-12,18H,2,8,13H2,1H3. The van der Waals surface area contributed by atoms with Crippen molar-refractivity contribution in [1.82, 2.24) is 4.90 Å². The van der Waals surface area contributed by atoms with Gasteiger partial charge in [0.1, 0.15) is 5.75 Å². The fourth-order valence-corrected chi connectivity index (χ4v) is 2.82. The minimum atomic E-state index is -0.763. The van der Waals surface area contributed by atoms with E-state index in [2.05, 4.69) is 0 Å². The number of carbonyl (C=O) groups is 3. The van der Waals surface area contributed by atoms with Crippen LogP contribution in [0.25, 0.3) is 0 Å². The molecule has 0 saturated carbocycles. The van der Waals surface area contributed by atoms with Gasteiger partial charge in [-0.2, -0.15) is 0 Å². The quantitative estimate of drug-likeness (QED) is 0.621. The van der Waals surface area contributed by atoms with Gasteiger partial charge in [0.15, 0.2) is 11.9 Å². The molecular formula is C20H19NO4. The number of hydrogen-bond donors (Lipinski definition) is 0. The molecule has 1 heterocycles.